The van der Waals surface area contributed by atoms with Crippen LogP contribution in [0, 0.1) is 36.0 Å². The molecule has 2 aromatic rings. The highest BCUT2D eigenvalue weighted by Gasteiger charge is 2.11. The molecule has 0 fully saturated rings. The van der Waals surface area contributed by atoms with Crippen LogP contribution in [-0.4, -0.2) is 0 Å². The second kappa shape index (κ2) is 5.48. The SMILES string of the molecule is Cc1cc(F)c(NCc2cc(F)c(F)cc2F)cc1F. The Balaban J connectivity index is 2.21. The molecule has 0 aromatic heterocycles. The molecule has 0 radical (unpaired) electrons. The van der Waals surface area contributed by atoms with Crippen molar-refractivity contribution in [1.29, 1.82) is 0 Å². The molecule has 106 valence electrons. The van der Waals surface area contributed by atoms with Crippen LogP contribution < -0.4 is 5.32 Å². The van der Waals surface area contributed by atoms with Gasteiger partial charge in [0.05, 0.1) is 5.69 Å². The fourth-order valence-corrected chi connectivity index (χ4v) is 1.67. The Morgan fingerprint density at radius 3 is 2.10 bits per heavy atom. The highest BCUT2D eigenvalue weighted by molar-refractivity contribution is 5.47. The van der Waals surface area contributed by atoms with E-state index in [9.17, 15) is 22.0 Å². The fourth-order valence-electron chi connectivity index (χ4n) is 1.67. The van der Waals surface area contributed by atoms with Crippen LogP contribution in [0.5, 0.6) is 0 Å². The monoisotopic (exact) mass is 287 g/mol. The topological polar surface area (TPSA) is 12.0 Å². The largest absolute Gasteiger partial charge is 0.378 e. The number of rotatable bonds is 3. The quantitative estimate of drug-likeness (QED) is 0.655. The molecule has 2 aromatic carbocycles. The molecule has 2 rings (SSSR count). The van der Waals surface area contributed by atoms with Crippen molar-refractivity contribution in [1.82, 2.24) is 0 Å². The predicted octanol–water partition coefficient (Wildman–Crippen LogP) is 4.30. The molecule has 1 nitrogen and oxygen atoms in total. The number of benzene rings is 2. The first-order chi connectivity index (χ1) is 9.38. The van der Waals surface area contributed by atoms with Crippen LogP contribution in [0.2, 0.25) is 0 Å². The van der Waals surface area contributed by atoms with E-state index in [2.05, 4.69) is 5.32 Å². The number of hydrogen-bond acceptors (Lipinski definition) is 1. The summed E-state index contributed by atoms with van der Waals surface area (Å²) in [7, 11) is 0. The number of hydrogen-bond donors (Lipinski definition) is 1. The van der Waals surface area contributed by atoms with Crippen LogP contribution in [0.15, 0.2) is 24.3 Å². The van der Waals surface area contributed by atoms with Gasteiger partial charge in [-0.05, 0) is 24.6 Å². The zero-order chi connectivity index (χ0) is 14.9. The summed E-state index contributed by atoms with van der Waals surface area (Å²) >= 11 is 0. The van der Waals surface area contributed by atoms with Gasteiger partial charge >= 0.3 is 0 Å². The summed E-state index contributed by atoms with van der Waals surface area (Å²) in [5.41, 5.74) is -0.242. The van der Waals surface area contributed by atoms with Gasteiger partial charge in [-0.3, -0.25) is 0 Å². The van der Waals surface area contributed by atoms with E-state index < -0.39 is 29.1 Å². The smallest absolute Gasteiger partial charge is 0.161 e. The molecule has 0 spiro atoms. The van der Waals surface area contributed by atoms with Crippen molar-refractivity contribution in [3.63, 3.8) is 0 Å². The van der Waals surface area contributed by atoms with Crippen LogP contribution in [0.4, 0.5) is 27.6 Å². The minimum absolute atomic E-state index is 0.132. The summed E-state index contributed by atoms with van der Waals surface area (Å²) < 4.78 is 65.9. The van der Waals surface area contributed by atoms with Crippen molar-refractivity contribution < 1.29 is 22.0 Å². The summed E-state index contributed by atoms with van der Waals surface area (Å²) in [6, 6.07) is 2.97. The molecule has 0 unspecified atom stereocenters. The Bertz CT molecular complexity index is 597. The maximum Gasteiger partial charge on any atom is 0.161 e. The molecule has 0 aliphatic rings. The number of halogens is 5. The Hall–Kier alpha value is -2.11. The van der Waals surface area contributed by atoms with Crippen LogP contribution in [0.1, 0.15) is 11.1 Å². The lowest BCUT2D eigenvalue weighted by Gasteiger charge is -2.10. The van der Waals surface area contributed by atoms with Gasteiger partial charge in [0, 0.05) is 24.2 Å². The number of nitrogens with one attached hydrogen (secondary N) is 1. The minimum atomic E-state index is -1.31. The van der Waals surface area contributed by atoms with Crippen LogP contribution >= 0.6 is 0 Å². The third-order valence-electron chi connectivity index (χ3n) is 2.81. The van der Waals surface area contributed by atoms with Crippen molar-refractivity contribution in [3.8, 4) is 0 Å². The van der Waals surface area contributed by atoms with Crippen molar-refractivity contribution in [2.24, 2.45) is 0 Å². The summed E-state index contributed by atoms with van der Waals surface area (Å²) in [6.45, 7) is 1.10. The lowest BCUT2D eigenvalue weighted by molar-refractivity contribution is 0.490. The van der Waals surface area contributed by atoms with Crippen LogP contribution in [-0.2, 0) is 6.54 Å². The number of aryl methyl sites for hydroxylation is 1. The molecular weight excluding hydrogens is 277 g/mol. The molecule has 0 bridgehead atoms. The summed E-state index contributed by atoms with van der Waals surface area (Å²) in [4.78, 5) is 0. The molecule has 0 aliphatic heterocycles. The molecule has 0 saturated heterocycles. The molecule has 0 heterocycles. The first-order valence-corrected chi connectivity index (χ1v) is 5.71. The molecular formula is C14H10F5N. The first kappa shape index (κ1) is 14.3. The van der Waals surface area contributed by atoms with Gasteiger partial charge in [0.1, 0.15) is 17.5 Å². The van der Waals surface area contributed by atoms with Crippen molar-refractivity contribution in [2.45, 2.75) is 13.5 Å². The minimum Gasteiger partial charge on any atom is -0.378 e. The van der Waals surface area contributed by atoms with E-state index in [1.807, 2.05) is 0 Å². The van der Waals surface area contributed by atoms with E-state index in [0.717, 1.165) is 12.1 Å². The van der Waals surface area contributed by atoms with E-state index in [0.29, 0.717) is 12.1 Å². The standard InChI is InChI=1S/C14H10F5N/c1-7-2-13(19)14(5-9(7)15)20-6-8-3-11(17)12(18)4-10(8)16/h2-5,20H,6H2,1H3. The van der Waals surface area contributed by atoms with Gasteiger partial charge in [-0.15, -0.1) is 0 Å². The Morgan fingerprint density at radius 1 is 0.750 bits per heavy atom. The highest BCUT2D eigenvalue weighted by Crippen LogP contribution is 2.21. The van der Waals surface area contributed by atoms with Gasteiger partial charge in [-0.2, -0.15) is 0 Å². The zero-order valence-electron chi connectivity index (χ0n) is 10.4. The second-order valence-electron chi connectivity index (χ2n) is 4.29. The maximum absolute atomic E-state index is 13.5. The van der Waals surface area contributed by atoms with E-state index in [-0.39, 0.29) is 23.4 Å². The molecule has 20 heavy (non-hydrogen) atoms. The molecule has 1 N–H and O–H groups in total. The summed E-state index contributed by atoms with van der Waals surface area (Å²) in [5.74, 6) is -4.83. The Morgan fingerprint density at radius 2 is 1.40 bits per heavy atom. The van der Waals surface area contributed by atoms with Gasteiger partial charge < -0.3 is 5.32 Å². The normalized spacial score (nSPS) is 10.7. The average molecular weight is 287 g/mol. The van der Waals surface area contributed by atoms with Crippen LogP contribution in [0.3, 0.4) is 0 Å². The lowest BCUT2D eigenvalue weighted by Crippen LogP contribution is -2.06. The Kier molecular flexibility index (Phi) is 3.92. The second-order valence-corrected chi connectivity index (χ2v) is 4.29. The van der Waals surface area contributed by atoms with E-state index >= 15 is 0 Å². The van der Waals surface area contributed by atoms with Crippen molar-refractivity contribution >= 4 is 5.69 Å². The first-order valence-electron chi connectivity index (χ1n) is 5.71. The third kappa shape index (κ3) is 2.89. The lowest BCUT2D eigenvalue weighted by atomic mass is 10.1. The average Bonchev–Trinajstić information content (AvgIpc) is 2.37. The summed E-state index contributed by atoms with van der Waals surface area (Å²) in [6.07, 6.45) is 0. The third-order valence-corrected chi connectivity index (χ3v) is 2.81. The molecule has 0 atom stereocenters. The van der Waals surface area contributed by atoms with E-state index in [4.69, 9.17) is 0 Å². The van der Waals surface area contributed by atoms with Gasteiger partial charge in [-0.25, -0.2) is 22.0 Å². The van der Waals surface area contributed by atoms with Crippen molar-refractivity contribution in [2.75, 3.05) is 5.32 Å². The highest BCUT2D eigenvalue weighted by atomic mass is 19.2. The predicted molar refractivity (Wildman–Crippen MR) is 64.7 cm³/mol. The van der Waals surface area contributed by atoms with Crippen molar-refractivity contribution in [3.05, 3.63) is 64.5 Å². The van der Waals surface area contributed by atoms with E-state index in [1.165, 1.54) is 6.92 Å². The van der Waals surface area contributed by atoms with Gasteiger partial charge in [-0.1, -0.05) is 0 Å². The Labute approximate surface area is 112 Å². The van der Waals surface area contributed by atoms with Gasteiger partial charge in [0.2, 0.25) is 0 Å². The molecule has 0 saturated carbocycles. The molecule has 6 heteroatoms. The number of anilines is 1. The zero-order valence-corrected chi connectivity index (χ0v) is 10.4. The van der Waals surface area contributed by atoms with E-state index in [1.54, 1.807) is 0 Å². The van der Waals surface area contributed by atoms with Crippen LogP contribution in [0.25, 0.3) is 0 Å². The van der Waals surface area contributed by atoms with Gasteiger partial charge in [0.25, 0.3) is 0 Å². The summed E-state index contributed by atoms with van der Waals surface area (Å²) in [5, 5.41) is 2.44. The van der Waals surface area contributed by atoms with Gasteiger partial charge in [0.15, 0.2) is 11.6 Å². The molecule has 0 amide bonds. The fraction of sp³-hybridized carbons (Fsp3) is 0.143. The maximum atomic E-state index is 13.5. The molecule has 0 aliphatic carbocycles.